The van der Waals surface area contributed by atoms with Gasteiger partial charge in [-0.2, -0.15) is 5.26 Å². The second kappa shape index (κ2) is 5.33. The number of halogens is 1. The molecule has 1 N–H and O–H groups in total. The van der Waals surface area contributed by atoms with Crippen molar-refractivity contribution in [1.29, 1.82) is 5.26 Å². The van der Waals surface area contributed by atoms with Crippen LogP contribution < -0.4 is 4.72 Å². The second-order valence-corrected chi connectivity index (χ2v) is 8.89. The number of hydrogen-bond donors (Lipinski definition) is 1. The number of nitrogens with one attached hydrogen (secondary N) is 1. The first kappa shape index (κ1) is 15.3. The Morgan fingerprint density at radius 2 is 2.05 bits per heavy atom. The van der Waals surface area contributed by atoms with Crippen LogP contribution in [0.25, 0.3) is 0 Å². The number of rotatable bonds is 3. The van der Waals surface area contributed by atoms with Gasteiger partial charge in [0.2, 0.25) is 10.0 Å². The van der Waals surface area contributed by atoms with E-state index in [9.17, 15) is 16.8 Å². The molecule has 0 radical (unpaired) electrons. The number of sulfonamides is 1. The summed E-state index contributed by atoms with van der Waals surface area (Å²) in [5.74, 6) is -0.571. The Morgan fingerprint density at radius 1 is 1.35 bits per heavy atom. The van der Waals surface area contributed by atoms with Crippen molar-refractivity contribution < 1.29 is 16.8 Å². The monoisotopic (exact) mass is 334 g/mol. The molecule has 1 aromatic carbocycles. The van der Waals surface area contributed by atoms with E-state index in [4.69, 9.17) is 16.9 Å². The van der Waals surface area contributed by atoms with Gasteiger partial charge in [-0.15, -0.1) is 11.6 Å². The molecule has 1 saturated heterocycles. The average molecular weight is 335 g/mol. The highest BCUT2D eigenvalue weighted by molar-refractivity contribution is 7.92. The molecule has 108 valence electrons. The van der Waals surface area contributed by atoms with Crippen LogP contribution in [0.15, 0.2) is 29.2 Å². The van der Waals surface area contributed by atoms with E-state index in [0.717, 1.165) is 0 Å². The van der Waals surface area contributed by atoms with Crippen molar-refractivity contribution in [3.05, 3.63) is 29.8 Å². The van der Waals surface area contributed by atoms with Gasteiger partial charge in [-0.1, -0.05) is 6.07 Å². The first-order valence-corrected chi connectivity index (χ1v) is 9.34. The third kappa shape index (κ3) is 3.30. The third-order valence-electron chi connectivity index (χ3n) is 2.86. The van der Waals surface area contributed by atoms with Crippen molar-refractivity contribution >= 4 is 31.5 Å². The van der Waals surface area contributed by atoms with E-state index in [2.05, 4.69) is 4.72 Å². The van der Waals surface area contributed by atoms with E-state index in [1.807, 2.05) is 6.07 Å². The first-order valence-electron chi connectivity index (χ1n) is 5.60. The van der Waals surface area contributed by atoms with Crippen LogP contribution in [0.2, 0.25) is 0 Å². The average Bonchev–Trinajstić information content (AvgIpc) is 2.61. The zero-order valence-corrected chi connectivity index (χ0v) is 12.5. The Morgan fingerprint density at radius 3 is 2.60 bits per heavy atom. The number of alkyl halides is 1. The Labute approximate surface area is 122 Å². The molecule has 1 aromatic rings. The van der Waals surface area contributed by atoms with E-state index in [1.54, 1.807) is 0 Å². The summed E-state index contributed by atoms with van der Waals surface area (Å²) in [6.45, 7) is 0. The smallest absolute Gasteiger partial charge is 0.229 e. The van der Waals surface area contributed by atoms with E-state index in [-0.39, 0.29) is 22.0 Å². The summed E-state index contributed by atoms with van der Waals surface area (Å²) in [5.41, 5.74) is 0.203. The molecular formula is C11H11ClN2O4S2. The zero-order chi connectivity index (χ0) is 15.0. The molecule has 2 atom stereocenters. The van der Waals surface area contributed by atoms with Crippen LogP contribution in [0.4, 0.5) is 0 Å². The quantitative estimate of drug-likeness (QED) is 0.797. The van der Waals surface area contributed by atoms with Crippen molar-refractivity contribution in [2.24, 2.45) is 0 Å². The van der Waals surface area contributed by atoms with Gasteiger partial charge in [-0.05, 0) is 18.2 Å². The number of benzene rings is 1. The summed E-state index contributed by atoms with van der Waals surface area (Å²) in [7, 11) is -7.23. The molecule has 0 unspecified atom stereocenters. The molecule has 0 amide bonds. The summed E-state index contributed by atoms with van der Waals surface area (Å²) in [6, 6.07) is 6.44. The topological polar surface area (TPSA) is 104 Å². The number of hydrogen-bond acceptors (Lipinski definition) is 5. The van der Waals surface area contributed by atoms with Gasteiger partial charge in [0.25, 0.3) is 0 Å². The molecule has 0 aromatic heterocycles. The van der Waals surface area contributed by atoms with Gasteiger partial charge in [0.15, 0.2) is 9.84 Å². The van der Waals surface area contributed by atoms with Crippen LogP contribution in [0.5, 0.6) is 0 Å². The van der Waals surface area contributed by atoms with E-state index < -0.39 is 31.3 Å². The Hall–Kier alpha value is -1.14. The summed E-state index contributed by atoms with van der Waals surface area (Å²) < 4.78 is 49.4. The summed E-state index contributed by atoms with van der Waals surface area (Å²) >= 11 is 5.86. The van der Waals surface area contributed by atoms with Crippen molar-refractivity contribution in [2.75, 3.05) is 11.5 Å². The highest BCUT2D eigenvalue weighted by Gasteiger charge is 2.38. The SMILES string of the molecule is N#Cc1cccc(S(=O)(=O)N[C@@H]2CS(=O)(=O)C[C@@H]2Cl)c1. The maximum absolute atomic E-state index is 12.1. The van der Waals surface area contributed by atoms with E-state index >= 15 is 0 Å². The third-order valence-corrected chi connectivity index (χ3v) is 6.73. The number of sulfone groups is 1. The van der Waals surface area contributed by atoms with Crippen LogP contribution in [0.3, 0.4) is 0 Å². The molecule has 6 nitrogen and oxygen atoms in total. The summed E-state index contributed by atoms with van der Waals surface area (Å²) in [6.07, 6.45) is 0. The van der Waals surface area contributed by atoms with Crippen LogP contribution in [0, 0.1) is 11.3 Å². The Balaban J connectivity index is 2.26. The normalized spacial score (nSPS) is 25.2. The highest BCUT2D eigenvalue weighted by atomic mass is 35.5. The minimum absolute atomic E-state index is 0.0929. The van der Waals surface area contributed by atoms with Gasteiger partial charge < -0.3 is 0 Å². The van der Waals surface area contributed by atoms with E-state index in [0.29, 0.717) is 0 Å². The lowest BCUT2D eigenvalue weighted by atomic mass is 10.2. The maximum Gasteiger partial charge on any atom is 0.240 e. The molecular weight excluding hydrogens is 324 g/mol. The standard InChI is InChI=1S/C11H11ClN2O4S2/c12-10-6-19(15,16)7-11(10)14-20(17,18)9-3-1-2-8(4-9)5-13/h1-4,10-11,14H,6-7H2/t10-,11+/m0/s1. The van der Waals surface area contributed by atoms with E-state index in [1.165, 1.54) is 24.3 Å². The number of nitrogens with zero attached hydrogens (tertiary/aromatic N) is 1. The fourth-order valence-corrected chi connectivity index (χ4v) is 5.96. The molecule has 1 aliphatic rings. The largest absolute Gasteiger partial charge is 0.240 e. The fourth-order valence-electron chi connectivity index (χ4n) is 1.91. The molecule has 20 heavy (non-hydrogen) atoms. The lowest BCUT2D eigenvalue weighted by molar-refractivity contribution is 0.563. The van der Waals surface area contributed by atoms with Crippen LogP contribution in [-0.4, -0.2) is 39.8 Å². The predicted octanol–water partition coefficient (Wildman–Crippen LogP) is 0.241. The highest BCUT2D eigenvalue weighted by Crippen LogP contribution is 2.20. The molecule has 1 fully saturated rings. The zero-order valence-electron chi connectivity index (χ0n) is 10.2. The van der Waals surface area contributed by atoms with Gasteiger partial charge in [0.1, 0.15) is 0 Å². The van der Waals surface area contributed by atoms with Crippen molar-refractivity contribution in [2.45, 2.75) is 16.3 Å². The van der Waals surface area contributed by atoms with Crippen LogP contribution in [-0.2, 0) is 19.9 Å². The lowest BCUT2D eigenvalue weighted by Crippen LogP contribution is -2.40. The minimum Gasteiger partial charge on any atom is -0.229 e. The van der Waals surface area contributed by atoms with Crippen molar-refractivity contribution in [1.82, 2.24) is 4.72 Å². The Kier molecular flexibility index (Phi) is 4.07. The van der Waals surface area contributed by atoms with Crippen LogP contribution in [0.1, 0.15) is 5.56 Å². The minimum atomic E-state index is -3.91. The molecule has 0 spiro atoms. The van der Waals surface area contributed by atoms with Gasteiger partial charge in [0.05, 0.1) is 39.5 Å². The maximum atomic E-state index is 12.1. The van der Waals surface area contributed by atoms with Gasteiger partial charge in [-0.25, -0.2) is 21.6 Å². The van der Waals surface area contributed by atoms with Gasteiger partial charge in [-0.3, -0.25) is 0 Å². The molecule has 9 heteroatoms. The van der Waals surface area contributed by atoms with Crippen molar-refractivity contribution in [3.63, 3.8) is 0 Å². The van der Waals surface area contributed by atoms with Crippen molar-refractivity contribution in [3.8, 4) is 6.07 Å². The molecule has 1 aliphatic heterocycles. The van der Waals surface area contributed by atoms with Gasteiger partial charge >= 0.3 is 0 Å². The fraction of sp³-hybridized carbons (Fsp3) is 0.364. The molecule has 0 bridgehead atoms. The summed E-state index contributed by atoms with van der Waals surface area (Å²) in [5, 5.41) is 7.96. The molecule has 2 rings (SSSR count). The molecule has 0 aliphatic carbocycles. The first-order chi connectivity index (χ1) is 9.23. The molecule has 0 saturated carbocycles. The molecule has 1 heterocycles. The number of nitriles is 1. The predicted molar refractivity (Wildman–Crippen MR) is 73.6 cm³/mol. The summed E-state index contributed by atoms with van der Waals surface area (Å²) in [4.78, 5) is -0.0929. The Bertz CT molecular complexity index is 768. The van der Waals surface area contributed by atoms with Crippen LogP contribution >= 0.6 is 11.6 Å². The lowest BCUT2D eigenvalue weighted by Gasteiger charge is -2.14. The second-order valence-electron chi connectivity index (χ2n) is 4.46. The van der Waals surface area contributed by atoms with Gasteiger partial charge in [0, 0.05) is 0 Å².